The lowest BCUT2D eigenvalue weighted by Crippen LogP contribution is -2.36. The number of rotatable bonds is 4. The van der Waals surface area contributed by atoms with Crippen molar-refractivity contribution in [1.82, 2.24) is 14.5 Å². The van der Waals surface area contributed by atoms with Crippen LogP contribution >= 0.6 is 11.3 Å². The zero-order valence-electron chi connectivity index (χ0n) is 16.8. The maximum absolute atomic E-state index is 12.7. The Balaban J connectivity index is 1.61. The van der Waals surface area contributed by atoms with Crippen molar-refractivity contribution < 1.29 is 4.79 Å². The molecule has 1 amide bonds. The van der Waals surface area contributed by atoms with E-state index < -0.39 is 11.1 Å². The van der Waals surface area contributed by atoms with E-state index in [1.807, 2.05) is 17.5 Å². The zero-order chi connectivity index (χ0) is 21.4. The number of hydrogen-bond acceptors (Lipinski definition) is 5. The van der Waals surface area contributed by atoms with Crippen molar-refractivity contribution in [3.05, 3.63) is 79.2 Å². The highest BCUT2D eigenvalue weighted by Gasteiger charge is 2.13. The summed E-state index contributed by atoms with van der Waals surface area (Å²) in [5.74, 6) is -0.340. The number of benzene rings is 2. The van der Waals surface area contributed by atoms with E-state index in [1.165, 1.54) is 27.0 Å². The maximum atomic E-state index is 12.7. The lowest BCUT2D eigenvalue weighted by atomic mass is 10.1. The largest absolute Gasteiger partial charge is 0.316 e. The number of aromatic nitrogens is 3. The van der Waals surface area contributed by atoms with Crippen LogP contribution in [0.4, 0.5) is 5.13 Å². The average molecular weight is 420 g/mol. The first-order chi connectivity index (χ1) is 14.4. The third-order valence-corrected chi connectivity index (χ3v) is 5.84. The lowest BCUT2D eigenvalue weighted by Gasteiger charge is -2.08. The van der Waals surface area contributed by atoms with Gasteiger partial charge in [0.2, 0.25) is 0 Å². The number of fused-ring (bicyclic) bond motifs is 1. The van der Waals surface area contributed by atoms with Gasteiger partial charge in [0.15, 0.2) is 5.13 Å². The van der Waals surface area contributed by atoms with Gasteiger partial charge in [0, 0.05) is 23.1 Å². The fraction of sp³-hybridized carbons (Fsp3) is 0.182. The summed E-state index contributed by atoms with van der Waals surface area (Å²) in [6.07, 6.45) is 0. The number of aromatic amines is 1. The molecule has 0 saturated carbocycles. The van der Waals surface area contributed by atoms with Crippen molar-refractivity contribution in [3.8, 4) is 11.3 Å². The molecule has 8 heteroatoms. The van der Waals surface area contributed by atoms with E-state index in [2.05, 4.69) is 35.2 Å². The van der Waals surface area contributed by atoms with E-state index >= 15 is 0 Å². The summed E-state index contributed by atoms with van der Waals surface area (Å²) >= 11 is 1.35. The van der Waals surface area contributed by atoms with Crippen LogP contribution in [0.2, 0.25) is 0 Å². The third kappa shape index (κ3) is 3.57. The second kappa shape index (κ2) is 7.72. The van der Waals surface area contributed by atoms with Gasteiger partial charge < -0.3 is 9.55 Å². The SMILES string of the molecule is CCn1c(=O)c(=O)[nH]c2cc(C(=O)Nc3nc(-c4ccc(C)c(C)c4)cs3)ccc21. The number of carbonyl (C=O) groups is 1. The Labute approximate surface area is 176 Å². The van der Waals surface area contributed by atoms with Gasteiger partial charge in [0.1, 0.15) is 0 Å². The fourth-order valence-electron chi connectivity index (χ4n) is 3.27. The molecular weight excluding hydrogens is 400 g/mol. The van der Waals surface area contributed by atoms with Crippen molar-refractivity contribution in [2.75, 3.05) is 5.32 Å². The number of anilines is 1. The van der Waals surface area contributed by atoms with Crippen LogP contribution in [0.25, 0.3) is 22.3 Å². The minimum Gasteiger partial charge on any atom is -0.316 e. The normalized spacial score (nSPS) is 11.0. The summed E-state index contributed by atoms with van der Waals surface area (Å²) < 4.78 is 1.38. The molecule has 0 spiro atoms. The predicted molar refractivity (Wildman–Crippen MR) is 119 cm³/mol. The quantitative estimate of drug-likeness (QED) is 0.492. The summed E-state index contributed by atoms with van der Waals surface area (Å²) in [4.78, 5) is 43.6. The number of carbonyl (C=O) groups excluding carboxylic acids is 1. The molecule has 0 aliphatic rings. The van der Waals surface area contributed by atoms with Crippen LogP contribution in [0.3, 0.4) is 0 Å². The topological polar surface area (TPSA) is 96.9 Å². The predicted octanol–water partition coefficient (Wildman–Crippen LogP) is 3.70. The minimum absolute atomic E-state index is 0.340. The Hall–Kier alpha value is -3.52. The van der Waals surface area contributed by atoms with Gasteiger partial charge >= 0.3 is 11.1 Å². The minimum atomic E-state index is -0.708. The molecule has 2 aromatic heterocycles. The molecule has 0 aliphatic carbocycles. The second-order valence-electron chi connectivity index (χ2n) is 7.03. The Bertz CT molecular complexity index is 1400. The molecule has 7 nitrogen and oxygen atoms in total. The monoisotopic (exact) mass is 420 g/mol. The summed E-state index contributed by atoms with van der Waals surface area (Å²) in [7, 11) is 0. The summed E-state index contributed by atoms with van der Waals surface area (Å²) in [6.45, 7) is 6.26. The summed E-state index contributed by atoms with van der Waals surface area (Å²) in [6, 6.07) is 11.0. The lowest BCUT2D eigenvalue weighted by molar-refractivity contribution is 0.102. The highest BCUT2D eigenvalue weighted by Crippen LogP contribution is 2.27. The number of aryl methyl sites for hydroxylation is 3. The van der Waals surface area contributed by atoms with Gasteiger partial charge in [-0.2, -0.15) is 0 Å². The molecule has 0 aliphatic heterocycles. The summed E-state index contributed by atoms with van der Waals surface area (Å²) in [5, 5.41) is 5.19. The van der Waals surface area contributed by atoms with Crippen LogP contribution in [0.1, 0.15) is 28.4 Å². The molecule has 0 fully saturated rings. The van der Waals surface area contributed by atoms with Crippen molar-refractivity contribution in [2.45, 2.75) is 27.3 Å². The molecular formula is C22H20N4O3S. The molecule has 152 valence electrons. The smallest absolute Gasteiger partial charge is 0.316 e. The van der Waals surface area contributed by atoms with Crippen molar-refractivity contribution >= 4 is 33.4 Å². The van der Waals surface area contributed by atoms with E-state index in [1.54, 1.807) is 25.1 Å². The molecule has 2 N–H and O–H groups in total. The first-order valence-electron chi connectivity index (χ1n) is 9.48. The number of H-pyrrole nitrogens is 1. The van der Waals surface area contributed by atoms with Crippen LogP contribution in [0.15, 0.2) is 51.4 Å². The van der Waals surface area contributed by atoms with E-state index in [0.29, 0.717) is 28.3 Å². The zero-order valence-corrected chi connectivity index (χ0v) is 17.6. The van der Waals surface area contributed by atoms with Gasteiger partial charge in [-0.25, -0.2) is 4.98 Å². The van der Waals surface area contributed by atoms with Crippen LogP contribution in [0, 0.1) is 13.8 Å². The number of hydrogen-bond donors (Lipinski definition) is 2. The first kappa shape index (κ1) is 19.8. The number of nitrogens with zero attached hydrogens (tertiary/aromatic N) is 2. The van der Waals surface area contributed by atoms with Crippen LogP contribution in [-0.4, -0.2) is 20.4 Å². The summed E-state index contributed by atoms with van der Waals surface area (Å²) in [5.41, 5.74) is 4.25. The Morgan fingerprint density at radius 3 is 2.67 bits per heavy atom. The van der Waals surface area contributed by atoms with E-state index in [-0.39, 0.29) is 5.91 Å². The van der Waals surface area contributed by atoms with Crippen LogP contribution in [-0.2, 0) is 6.54 Å². The second-order valence-corrected chi connectivity index (χ2v) is 7.88. The molecule has 0 radical (unpaired) electrons. The maximum Gasteiger partial charge on any atom is 0.316 e. The fourth-order valence-corrected chi connectivity index (χ4v) is 3.98. The standard InChI is InChI=1S/C22H20N4O3S/c1-4-26-18-8-7-15(10-16(18)23-20(28)21(26)29)19(27)25-22-24-17(11-30-22)14-6-5-12(2)13(3)9-14/h5-11H,4H2,1-3H3,(H,23,28)(H,24,25,27). The molecule has 30 heavy (non-hydrogen) atoms. The highest BCUT2D eigenvalue weighted by atomic mass is 32.1. The van der Waals surface area contributed by atoms with E-state index in [4.69, 9.17) is 0 Å². The molecule has 0 bridgehead atoms. The highest BCUT2D eigenvalue weighted by molar-refractivity contribution is 7.14. The Kier molecular flexibility index (Phi) is 5.09. The van der Waals surface area contributed by atoms with Gasteiger partial charge in [-0.05, 0) is 56.2 Å². The molecule has 4 aromatic rings. The van der Waals surface area contributed by atoms with Crippen molar-refractivity contribution in [2.24, 2.45) is 0 Å². The van der Waals surface area contributed by atoms with Gasteiger partial charge in [0.05, 0.1) is 16.7 Å². The van der Waals surface area contributed by atoms with Crippen LogP contribution in [0.5, 0.6) is 0 Å². The van der Waals surface area contributed by atoms with Crippen LogP contribution < -0.4 is 16.4 Å². The Morgan fingerprint density at radius 2 is 1.93 bits per heavy atom. The molecule has 0 atom stereocenters. The van der Waals surface area contributed by atoms with Gasteiger partial charge in [-0.1, -0.05) is 12.1 Å². The van der Waals surface area contributed by atoms with E-state index in [0.717, 1.165) is 11.3 Å². The van der Waals surface area contributed by atoms with Crippen molar-refractivity contribution in [3.63, 3.8) is 0 Å². The number of amides is 1. The molecule has 2 heterocycles. The van der Waals surface area contributed by atoms with E-state index in [9.17, 15) is 14.4 Å². The number of thiazole rings is 1. The van der Waals surface area contributed by atoms with Gasteiger partial charge in [-0.3, -0.25) is 19.7 Å². The van der Waals surface area contributed by atoms with Gasteiger partial charge in [-0.15, -0.1) is 11.3 Å². The average Bonchev–Trinajstić information content (AvgIpc) is 3.19. The first-order valence-corrected chi connectivity index (χ1v) is 10.4. The molecule has 4 rings (SSSR count). The number of nitrogens with one attached hydrogen (secondary N) is 2. The molecule has 0 unspecified atom stereocenters. The van der Waals surface area contributed by atoms with Crippen molar-refractivity contribution in [1.29, 1.82) is 0 Å². The van der Waals surface area contributed by atoms with Gasteiger partial charge in [0.25, 0.3) is 5.91 Å². The molecule has 0 saturated heterocycles. The Morgan fingerprint density at radius 1 is 1.13 bits per heavy atom. The molecule has 2 aromatic carbocycles. The third-order valence-electron chi connectivity index (χ3n) is 5.08.